The normalized spacial score (nSPS) is 32.1. The number of benzene rings is 2. The summed E-state index contributed by atoms with van der Waals surface area (Å²) in [5.41, 5.74) is 1.03. The number of hydrogen-bond acceptors (Lipinski definition) is 6. The minimum atomic E-state index is -1.03. The lowest BCUT2D eigenvalue weighted by Crippen LogP contribution is -2.69. The Morgan fingerprint density at radius 3 is 2.74 bits per heavy atom. The number of para-hydroxylation sites is 1. The first-order chi connectivity index (χ1) is 16.3. The number of carbonyl (C=O) groups is 1. The molecular formula is C27H32N2O5. The fourth-order valence-corrected chi connectivity index (χ4v) is 7.06. The number of likely N-dealkylation sites (tertiary alicyclic amines) is 1. The van der Waals surface area contributed by atoms with Crippen molar-refractivity contribution in [1.29, 1.82) is 0 Å². The molecule has 1 aliphatic heterocycles. The van der Waals surface area contributed by atoms with E-state index in [0.717, 1.165) is 31.5 Å². The maximum Gasteiger partial charge on any atom is 0.223 e. The van der Waals surface area contributed by atoms with Crippen molar-refractivity contribution >= 4 is 5.91 Å². The zero-order valence-corrected chi connectivity index (χ0v) is 19.2. The lowest BCUT2D eigenvalue weighted by atomic mass is 9.56. The van der Waals surface area contributed by atoms with Crippen LogP contribution in [-0.2, 0) is 23.2 Å². The van der Waals surface area contributed by atoms with Gasteiger partial charge in [-0.1, -0.05) is 18.2 Å². The topological polar surface area (TPSA) is 113 Å². The summed E-state index contributed by atoms with van der Waals surface area (Å²) in [7, 11) is 0. The fourth-order valence-electron chi connectivity index (χ4n) is 7.06. The van der Waals surface area contributed by atoms with E-state index in [2.05, 4.69) is 10.2 Å². The number of hydrogen-bond donors (Lipinski definition) is 5. The van der Waals surface area contributed by atoms with Crippen molar-refractivity contribution in [1.82, 2.24) is 10.2 Å². The molecule has 4 atom stereocenters. The monoisotopic (exact) mass is 464 g/mol. The second-order valence-corrected chi connectivity index (χ2v) is 10.9. The molecule has 1 saturated heterocycles. The highest BCUT2D eigenvalue weighted by Gasteiger charge is 2.68. The van der Waals surface area contributed by atoms with Gasteiger partial charge in [-0.15, -0.1) is 0 Å². The highest BCUT2D eigenvalue weighted by Crippen LogP contribution is 2.62. The third-order valence-electron chi connectivity index (χ3n) is 8.93. The van der Waals surface area contributed by atoms with Crippen LogP contribution in [0, 0.1) is 11.8 Å². The molecule has 1 amide bonds. The van der Waals surface area contributed by atoms with Crippen LogP contribution in [0.25, 0.3) is 0 Å². The van der Waals surface area contributed by atoms with Crippen LogP contribution >= 0.6 is 0 Å². The molecular weight excluding hydrogens is 432 g/mol. The minimum Gasteiger partial charge on any atom is -0.508 e. The van der Waals surface area contributed by atoms with Crippen molar-refractivity contribution in [2.24, 2.45) is 11.8 Å². The van der Waals surface area contributed by atoms with Crippen molar-refractivity contribution in [3.8, 4) is 17.2 Å². The van der Waals surface area contributed by atoms with Gasteiger partial charge in [0.2, 0.25) is 5.91 Å². The average Bonchev–Trinajstić information content (AvgIpc) is 3.56. The highest BCUT2D eigenvalue weighted by atomic mass is 16.3. The van der Waals surface area contributed by atoms with E-state index >= 15 is 0 Å². The van der Waals surface area contributed by atoms with Crippen molar-refractivity contribution in [3.05, 3.63) is 53.1 Å². The van der Waals surface area contributed by atoms with Crippen molar-refractivity contribution in [2.75, 3.05) is 13.1 Å². The molecule has 2 saturated carbocycles. The number of phenols is 3. The number of aromatic hydroxyl groups is 3. The SMILES string of the molecule is O=C(NCc1cccc(O)c1O)[C@@H]1C[C@]23CCN(CC4CC4)[C@H](Cc4ccc(O)cc42)[C@]3(O)C1. The predicted molar refractivity (Wildman–Crippen MR) is 125 cm³/mol. The number of nitrogens with one attached hydrogen (secondary N) is 1. The van der Waals surface area contributed by atoms with Crippen LogP contribution in [0.5, 0.6) is 17.2 Å². The van der Waals surface area contributed by atoms with Gasteiger partial charge < -0.3 is 25.7 Å². The smallest absolute Gasteiger partial charge is 0.223 e. The average molecular weight is 465 g/mol. The van der Waals surface area contributed by atoms with Crippen LogP contribution in [0.1, 0.15) is 48.8 Å². The van der Waals surface area contributed by atoms with Crippen molar-refractivity contribution in [3.63, 3.8) is 0 Å². The van der Waals surface area contributed by atoms with Gasteiger partial charge in [-0.05, 0) is 80.3 Å². The molecule has 6 rings (SSSR count). The molecule has 4 aliphatic rings. The minimum absolute atomic E-state index is 0.0354. The van der Waals surface area contributed by atoms with E-state index in [1.807, 2.05) is 6.07 Å². The van der Waals surface area contributed by atoms with E-state index in [9.17, 15) is 25.2 Å². The third kappa shape index (κ3) is 3.21. The van der Waals surface area contributed by atoms with Gasteiger partial charge in [0, 0.05) is 36.0 Å². The molecule has 0 spiro atoms. The van der Waals surface area contributed by atoms with Crippen LogP contribution in [0.4, 0.5) is 0 Å². The second-order valence-electron chi connectivity index (χ2n) is 10.9. The lowest BCUT2D eigenvalue weighted by Gasteiger charge is -2.59. The van der Waals surface area contributed by atoms with E-state index in [1.165, 1.54) is 24.5 Å². The highest BCUT2D eigenvalue weighted by molar-refractivity contribution is 5.80. The number of piperidine rings is 1. The number of phenolic OH excluding ortho intramolecular Hbond substituents is 3. The quantitative estimate of drug-likeness (QED) is 0.435. The van der Waals surface area contributed by atoms with Gasteiger partial charge in [0.15, 0.2) is 11.5 Å². The number of carbonyl (C=O) groups excluding carboxylic acids is 1. The molecule has 34 heavy (non-hydrogen) atoms. The number of aliphatic hydroxyl groups is 1. The van der Waals surface area contributed by atoms with E-state index in [4.69, 9.17) is 0 Å². The van der Waals surface area contributed by atoms with Crippen LogP contribution in [0.3, 0.4) is 0 Å². The molecule has 0 unspecified atom stereocenters. The molecule has 2 bridgehead atoms. The van der Waals surface area contributed by atoms with Gasteiger partial charge in [0.1, 0.15) is 5.75 Å². The Kier molecular flexibility index (Phi) is 4.87. The second kappa shape index (κ2) is 7.62. The first kappa shape index (κ1) is 21.7. The van der Waals surface area contributed by atoms with Crippen molar-refractivity contribution in [2.45, 2.75) is 62.1 Å². The Labute approximate surface area is 199 Å². The molecule has 1 heterocycles. The zero-order valence-electron chi connectivity index (χ0n) is 19.2. The molecule has 3 aliphatic carbocycles. The predicted octanol–water partition coefficient (Wildman–Crippen LogP) is 2.54. The first-order valence-corrected chi connectivity index (χ1v) is 12.4. The molecule has 7 heteroatoms. The first-order valence-electron chi connectivity index (χ1n) is 12.4. The van der Waals surface area contributed by atoms with Gasteiger partial charge in [-0.3, -0.25) is 9.69 Å². The van der Waals surface area contributed by atoms with E-state index in [-0.39, 0.29) is 41.7 Å². The Bertz CT molecular complexity index is 1150. The summed E-state index contributed by atoms with van der Waals surface area (Å²) >= 11 is 0. The number of amides is 1. The summed E-state index contributed by atoms with van der Waals surface area (Å²) in [6.45, 7) is 2.00. The van der Waals surface area contributed by atoms with Crippen LogP contribution in [0.2, 0.25) is 0 Å². The standard InChI is InChI=1S/C27H32N2O5/c30-20-7-6-17-10-23-27(34)13-19(25(33)28-14-18-2-1-3-22(31)24(18)32)12-26(27,21(17)11-20)8-9-29(23)15-16-4-5-16/h1-3,6-7,11,16,19,23,30-32,34H,4-5,8-10,12-15H2,(H,28,33)/t19-,23-,26-,27-/m1/s1. The Hall–Kier alpha value is -2.77. The van der Waals surface area contributed by atoms with Gasteiger partial charge in [0.25, 0.3) is 0 Å². The van der Waals surface area contributed by atoms with Gasteiger partial charge in [0.05, 0.1) is 5.60 Å². The van der Waals surface area contributed by atoms with E-state index in [0.29, 0.717) is 24.3 Å². The molecule has 7 nitrogen and oxygen atoms in total. The number of nitrogens with zero attached hydrogens (tertiary/aromatic N) is 1. The molecule has 2 aromatic carbocycles. The summed E-state index contributed by atoms with van der Waals surface area (Å²) in [5, 5.41) is 45.3. The summed E-state index contributed by atoms with van der Waals surface area (Å²) in [5.74, 6) is -0.0552. The van der Waals surface area contributed by atoms with E-state index < -0.39 is 11.0 Å². The summed E-state index contributed by atoms with van der Waals surface area (Å²) in [6.07, 6.45) is 4.91. The van der Waals surface area contributed by atoms with Gasteiger partial charge in [-0.2, -0.15) is 0 Å². The van der Waals surface area contributed by atoms with Crippen LogP contribution < -0.4 is 5.32 Å². The third-order valence-corrected chi connectivity index (χ3v) is 8.93. The van der Waals surface area contributed by atoms with Gasteiger partial charge >= 0.3 is 0 Å². The van der Waals surface area contributed by atoms with E-state index in [1.54, 1.807) is 24.3 Å². The van der Waals surface area contributed by atoms with Crippen LogP contribution in [0.15, 0.2) is 36.4 Å². The summed E-state index contributed by atoms with van der Waals surface area (Å²) in [6, 6.07) is 10.2. The Morgan fingerprint density at radius 1 is 1.12 bits per heavy atom. The Balaban J connectivity index is 1.30. The van der Waals surface area contributed by atoms with Crippen LogP contribution in [-0.4, -0.2) is 56.0 Å². The largest absolute Gasteiger partial charge is 0.508 e. The summed E-state index contributed by atoms with van der Waals surface area (Å²) in [4.78, 5) is 15.8. The lowest BCUT2D eigenvalue weighted by molar-refractivity contribution is -0.134. The molecule has 180 valence electrons. The maximum atomic E-state index is 13.3. The maximum absolute atomic E-state index is 13.3. The van der Waals surface area contributed by atoms with Gasteiger partial charge in [-0.25, -0.2) is 0 Å². The molecule has 2 aromatic rings. The zero-order chi connectivity index (χ0) is 23.7. The van der Waals surface area contributed by atoms with Crippen molar-refractivity contribution < 1.29 is 25.2 Å². The fraction of sp³-hybridized carbons (Fsp3) is 0.519. The molecule has 3 fully saturated rings. The Morgan fingerprint density at radius 2 is 1.94 bits per heavy atom. The number of rotatable bonds is 5. The molecule has 0 radical (unpaired) electrons. The summed E-state index contributed by atoms with van der Waals surface area (Å²) < 4.78 is 0. The molecule has 5 N–H and O–H groups in total. The molecule has 0 aromatic heterocycles. The number of fused-ring (bicyclic) bond motifs is 1.